The van der Waals surface area contributed by atoms with Crippen molar-refractivity contribution in [2.75, 3.05) is 29.9 Å². The third kappa shape index (κ3) is 3.47. The third-order valence-electron chi connectivity index (χ3n) is 6.96. The van der Waals surface area contributed by atoms with Crippen molar-refractivity contribution in [3.8, 4) is 6.07 Å². The standard InChI is InChI=1S/C26H27N7/c1-17-15-32(24-7-4-18(14-27)26-22(24)3-2-10-29-26)16-25-21-6-5-20(13-23(21)31-33(17)25)30-19-8-11-28-12-9-19/h2-7,10,13,17,19,28,30H,8-9,11-12,15-16H2,1H3/t17-/m1/s1. The molecule has 2 aliphatic heterocycles. The maximum atomic E-state index is 9.50. The van der Waals surface area contributed by atoms with E-state index in [1.807, 2.05) is 12.1 Å². The topological polar surface area (TPSA) is 81.8 Å². The maximum Gasteiger partial charge on any atom is 0.101 e. The average molecular weight is 438 g/mol. The van der Waals surface area contributed by atoms with E-state index in [0.717, 1.165) is 66.8 Å². The van der Waals surface area contributed by atoms with Crippen LogP contribution in [0.2, 0.25) is 0 Å². The molecular formula is C26H27N7. The molecule has 0 spiro atoms. The van der Waals surface area contributed by atoms with Gasteiger partial charge in [-0.25, -0.2) is 0 Å². The Bertz CT molecular complexity index is 1380. The molecule has 33 heavy (non-hydrogen) atoms. The third-order valence-corrected chi connectivity index (χ3v) is 6.96. The molecule has 2 N–H and O–H groups in total. The fraction of sp³-hybridized carbons (Fsp3) is 0.346. The van der Waals surface area contributed by atoms with E-state index in [4.69, 9.17) is 5.10 Å². The second kappa shape index (κ2) is 8.05. The summed E-state index contributed by atoms with van der Waals surface area (Å²) in [7, 11) is 0. The lowest BCUT2D eigenvalue weighted by molar-refractivity contribution is 0.430. The Hall–Kier alpha value is -3.63. The van der Waals surface area contributed by atoms with E-state index in [-0.39, 0.29) is 6.04 Å². The van der Waals surface area contributed by atoms with Gasteiger partial charge in [0.1, 0.15) is 6.07 Å². The van der Waals surface area contributed by atoms with E-state index in [2.05, 4.69) is 68.5 Å². The van der Waals surface area contributed by atoms with Gasteiger partial charge in [-0.3, -0.25) is 9.67 Å². The van der Waals surface area contributed by atoms with Crippen LogP contribution >= 0.6 is 0 Å². The minimum Gasteiger partial charge on any atom is -0.382 e. The Kier molecular flexibility index (Phi) is 4.88. The van der Waals surface area contributed by atoms with Crippen molar-refractivity contribution < 1.29 is 0 Å². The van der Waals surface area contributed by atoms with Crippen molar-refractivity contribution in [2.45, 2.75) is 38.4 Å². The molecule has 0 saturated carbocycles. The molecular weight excluding hydrogens is 410 g/mol. The number of hydrogen-bond donors (Lipinski definition) is 2. The summed E-state index contributed by atoms with van der Waals surface area (Å²) in [5.74, 6) is 0. The van der Waals surface area contributed by atoms with Crippen molar-refractivity contribution in [3.05, 3.63) is 59.9 Å². The van der Waals surface area contributed by atoms with E-state index in [9.17, 15) is 5.26 Å². The minimum atomic E-state index is 0.240. The number of nitriles is 1. The molecule has 4 heterocycles. The van der Waals surface area contributed by atoms with Gasteiger partial charge in [0.15, 0.2) is 0 Å². The number of piperidine rings is 1. The van der Waals surface area contributed by atoms with Gasteiger partial charge in [0.2, 0.25) is 0 Å². The van der Waals surface area contributed by atoms with Gasteiger partial charge in [0.05, 0.1) is 34.9 Å². The lowest BCUT2D eigenvalue weighted by Gasteiger charge is -2.34. The summed E-state index contributed by atoms with van der Waals surface area (Å²) in [6.45, 7) is 6.01. The van der Waals surface area contributed by atoms with Gasteiger partial charge < -0.3 is 15.5 Å². The zero-order valence-corrected chi connectivity index (χ0v) is 18.8. The first-order valence-corrected chi connectivity index (χ1v) is 11.7. The largest absolute Gasteiger partial charge is 0.382 e. The molecule has 1 atom stereocenters. The zero-order valence-electron chi connectivity index (χ0n) is 18.8. The molecule has 166 valence electrons. The summed E-state index contributed by atoms with van der Waals surface area (Å²) >= 11 is 0. The lowest BCUT2D eigenvalue weighted by Crippen LogP contribution is -2.36. The maximum absolute atomic E-state index is 9.50. The normalized spacial score (nSPS) is 18.9. The highest BCUT2D eigenvalue weighted by Gasteiger charge is 2.27. The molecule has 0 bridgehead atoms. The number of nitrogens with one attached hydrogen (secondary N) is 2. The molecule has 6 rings (SSSR count). The summed E-state index contributed by atoms with van der Waals surface area (Å²) in [5, 5.41) is 23.8. The van der Waals surface area contributed by atoms with Crippen LogP contribution in [0, 0.1) is 11.3 Å². The molecule has 4 aromatic rings. The van der Waals surface area contributed by atoms with Gasteiger partial charge >= 0.3 is 0 Å². The predicted molar refractivity (Wildman–Crippen MR) is 131 cm³/mol. The van der Waals surface area contributed by atoms with Crippen LogP contribution in [0.1, 0.15) is 37.1 Å². The number of anilines is 2. The van der Waals surface area contributed by atoms with Crippen LogP contribution in [-0.2, 0) is 6.54 Å². The number of benzene rings is 2. The van der Waals surface area contributed by atoms with Crippen molar-refractivity contribution in [1.82, 2.24) is 20.1 Å². The second-order valence-corrected chi connectivity index (χ2v) is 9.16. The SMILES string of the molecule is C[C@@H]1CN(c2ccc(C#N)c3ncccc23)Cc2c3ccc(NC4CCNCC4)cc3nn21. The van der Waals surface area contributed by atoms with Crippen LogP contribution in [0.25, 0.3) is 21.8 Å². The lowest BCUT2D eigenvalue weighted by atomic mass is 10.0. The molecule has 0 amide bonds. The number of aromatic nitrogens is 3. The Morgan fingerprint density at radius 3 is 2.85 bits per heavy atom. The summed E-state index contributed by atoms with van der Waals surface area (Å²) in [6.07, 6.45) is 4.05. The minimum absolute atomic E-state index is 0.240. The number of hydrogen-bond acceptors (Lipinski definition) is 6. The molecule has 2 aliphatic rings. The Morgan fingerprint density at radius 1 is 1.12 bits per heavy atom. The van der Waals surface area contributed by atoms with Gasteiger partial charge in [-0.05, 0) is 75.3 Å². The highest BCUT2D eigenvalue weighted by Crippen LogP contribution is 2.35. The highest BCUT2D eigenvalue weighted by atomic mass is 15.4. The summed E-state index contributed by atoms with van der Waals surface area (Å²) in [4.78, 5) is 6.89. The molecule has 1 fully saturated rings. The van der Waals surface area contributed by atoms with E-state index in [0.29, 0.717) is 11.6 Å². The molecule has 1 saturated heterocycles. The second-order valence-electron chi connectivity index (χ2n) is 9.16. The first-order chi connectivity index (χ1) is 16.2. The van der Waals surface area contributed by atoms with Crippen LogP contribution in [0.15, 0.2) is 48.7 Å². The molecule has 2 aromatic heterocycles. The highest BCUT2D eigenvalue weighted by molar-refractivity contribution is 5.95. The molecule has 0 aliphatic carbocycles. The smallest absolute Gasteiger partial charge is 0.101 e. The summed E-state index contributed by atoms with van der Waals surface area (Å²) in [6, 6.07) is 17.6. The van der Waals surface area contributed by atoms with Crippen molar-refractivity contribution in [1.29, 1.82) is 5.26 Å². The van der Waals surface area contributed by atoms with E-state index in [1.165, 1.54) is 11.1 Å². The Balaban J connectivity index is 1.35. The fourth-order valence-electron chi connectivity index (χ4n) is 5.32. The van der Waals surface area contributed by atoms with Gasteiger partial charge in [-0.1, -0.05) is 0 Å². The van der Waals surface area contributed by atoms with E-state index in [1.54, 1.807) is 6.20 Å². The summed E-state index contributed by atoms with van der Waals surface area (Å²) in [5.41, 5.74) is 5.93. The van der Waals surface area contributed by atoms with E-state index >= 15 is 0 Å². The molecule has 2 aromatic carbocycles. The molecule has 7 nitrogen and oxygen atoms in total. The van der Waals surface area contributed by atoms with Crippen LogP contribution in [0.5, 0.6) is 0 Å². The van der Waals surface area contributed by atoms with Gasteiger partial charge in [0.25, 0.3) is 0 Å². The van der Waals surface area contributed by atoms with Crippen molar-refractivity contribution >= 4 is 33.2 Å². The molecule has 7 heteroatoms. The fourth-order valence-corrected chi connectivity index (χ4v) is 5.32. The van der Waals surface area contributed by atoms with Crippen LogP contribution in [0.4, 0.5) is 11.4 Å². The van der Waals surface area contributed by atoms with Gasteiger partial charge in [-0.15, -0.1) is 0 Å². The first-order valence-electron chi connectivity index (χ1n) is 11.7. The average Bonchev–Trinajstić information content (AvgIpc) is 3.22. The Labute approximate surface area is 193 Å². The van der Waals surface area contributed by atoms with Crippen LogP contribution < -0.4 is 15.5 Å². The predicted octanol–water partition coefficient (Wildman–Crippen LogP) is 4.20. The van der Waals surface area contributed by atoms with Gasteiger partial charge in [0, 0.05) is 40.9 Å². The molecule has 0 radical (unpaired) electrons. The quantitative estimate of drug-likeness (QED) is 0.500. The first kappa shape index (κ1) is 20.0. The number of pyridine rings is 1. The van der Waals surface area contributed by atoms with Crippen LogP contribution in [0.3, 0.4) is 0 Å². The number of fused-ring (bicyclic) bond motifs is 4. The van der Waals surface area contributed by atoms with Crippen LogP contribution in [-0.4, -0.2) is 40.4 Å². The number of nitrogens with zero attached hydrogens (tertiary/aromatic N) is 5. The van der Waals surface area contributed by atoms with Crippen molar-refractivity contribution in [3.63, 3.8) is 0 Å². The zero-order chi connectivity index (χ0) is 22.4. The summed E-state index contributed by atoms with van der Waals surface area (Å²) < 4.78 is 2.19. The van der Waals surface area contributed by atoms with Gasteiger partial charge in [-0.2, -0.15) is 10.4 Å². The Morgan fingerprint density at radius 2 is 2.00 bits per heavy atom. The van der Waals surface area contributed by atoms with Crippen molar-refractivity contribution in [2.24, 2.45) is 0 Å². The molecule has 0 unspecified atom stereocenters. The number of rotatable bonds is 3. The monoisotopic (exact) mass is 437 g/mol. The van der Waals surface area contributed by atoms with E-state index < -0.39 is 0 Å².